The summed E-state index contributed by atoms with van der Waals surface area (Å²) in [6.07, 6.45) is 1.12. The number of carbonyl (C=O) groups is 3. The molecule has 24 heavy (non-hydrogen) atoms. The first-order valence-corrected chi connectivity index (χ1v) is 8.40. The highest BCUT2D eigenvalue weighted by Crippen LogP contribution is 2.22. The van der Waals surface area contributed by atoms with Crippen LogP contribution in [0.15, 0.2) is 18.2 Å². The van der Waals surface area contributed by atoms with Crippen molar-refractivity contribution in [1.82, 2.24) is 15.5 Å². The second-order valence-corrected chi connectivity index (χ2v) is 6.52. The molecule has 0 saturated carbocycles. The average molecular weight is 372 g/mol. The summed E-state index contributed by atoms with van der Waals surface area (Å²) in [6.45, 7) is 2.83. The first-order valence-electron chi connectivity index (χ1n) is 7.65. The maximum atomic E-state index is 12.1. The van der Waals surface area contributed by atoms with Gasteiger partial charge in [0.25, 0.3) is 0 Å². The predicted molar refractivity (Wildman–Crippen MR) is 91.8 cm³/mol. The number of halogens is 2. The van der Waals surface area contributed by atoms with E-state index in [1.54, 1.807) is 23.1 Å². The molecule has 0 aromatic heterocycles. The van der Waals surface area contributed by atoms with E-state index in [4.69, 9.17) is 23.2 Å². The Morgan fingerprint density at radius 2 is 1.83 bits per heavy atom. The number of amides is 4. The Morgan fingerprint density at radius 1 is 1.17 bits per heavy atom. The molecule has 0 spiro atoms. The van der Waals surface area contributed by atoms with Crippen LogP contribution in [0.3, 0.4) is 0 Å². The van der Waals surface area contributed by atoms with Gasteiger partial charge in [-0.1, -0.05) is 29.3 Å². The first kappa shape index (κ1) is 18.5. The summed E-state index contributed by atoms with van der Waals surface area (Å²) in [5.41, 5.74) is 0.779. The van der Waals surface area contributed by atoms with Crippen molar-refractivity contribution in [3.63, 3.8) is 0 Å². The number of nitrogens with one attached hydrogen (secondary N) is 2. The SMILES string of the molecule is CC(=O)N1CCC(C(=O)NC(=O)NCc2ccc(Cl)c(Cl)c2)CC1. The van der Waals surface area contributed by atoms with E-state index in [-0.39, 0.29) is 24.3 Å². The second-order valence-electron chi connectivity index (χ2n) is 5.70. The number of piperidine rings is 1. The van der Waals surface area contributed by atoms with Gasteiger partial charge in [-0.3, -0.25) is 14.9 Å². The molecule has 1 aromatic rings. The Kier molecular flexibility index (Phi) is 6.45. The van der Waals surface area contributed by atoms with Crippen molar-refractivity contribution < 1.29 is 14.4 Å². The monoisotopic (exact) mass is 371 g/mol. The van der Waals surface area contributed by atoms with Gasteiger partial charge in [0.15, 0.2) is 0 Å². The van der Waals surface area contributed by atoms with E-state index < -0.39 is 6.03 Å². The topological polar surface area (TPSA) is 78.5 Å². The zero-order valence-electron chi connectivity index (χ0n) is 13.3. The molecule has 0 radical (unpaired) electrons. The molecule has 1 heterocycles. The van der Waals surface area contributed by atoms with Gasteiger partial charge in [-0.05, 0) is 30.5 Å². The molecule has 1 saturated heterocycles. The number of carbonyl (C=O) groups excluding carboxylic acids is 3. The number of urea groups is 1. The number of hydrogen-bond donors (Lipinski definition) is 2. The fourth-order valence-electron chi connectivity index (χ4n) is 2.55. The molecule has 1 aromatic carbocycles. The summed E-state index contributed by atoms with van der Waals surface area (Å²) >= 11 is 11.7. The largest absolute Gasteiger partial charge is 0.343 e. The van der Waals surface area contributed by atoms with E-state index in [2.05, 4.69) is 10.6 Å². The fraction of sp³-hybridized carbons (Fsp3) is 0.438. The summed E-state index contributed by atoms with van der Waals surface area (Å²) in [5, 5.41) is 5.79. The fourth-order valence-corrected chi connectivity index (χ4v) is 2.87. The highest BCUT2D eigenvalue weighted by molar-refractivity contribution is 6.42. The number of rotatable bonds is 3. The Labute approximate surface area is 150 Å². The third-order valence-electron chi connectivity index (χ3n) is 3.98. The van der Waals surface area contributed by atoms with Crippen molar-refractivity contribution in [3.05, 3.63) is 33.8 Å². The molecule has 1 fully saturated rings. The summed E-state index contributed by atoms with van der Waals surface area (Å²) in [4.78, 5) is 36.9. The van der Waals surface area contributed by atoms with Crippen LogP contribution in [0.2, 0.25) is 10.0 Å². The quantitative estimate of drug-likeness (QED) is 0.856. The molecule has 0 atom stereocenters. The van der Waals surface area contributed by atoms with Crippen LogP contribution in [0.5, 0.6) is 0 Å². The zero-order valence-corrected chi connectivity index (χ0v) is 14.8. The summed E-state index contributed by atoms with van der Waals surface area (Å²) in [5.74, 6) is -0.561. The molecule has 0 unspecified atom stereocenters. The minimum absolute atomic E-state index is 0.00762. The standard InChI is InChI=1S/C16H19Cl2N3O3/c1-10(22)21-6-4-12(5-7-21)15(23)20-16(24)19-9-11-2-3-13(17)14(18)8-11/h2-3,8,12H,4-7,9H2,1H3,(H2,19,20,23,24). The molecular formula is C16H19Cl2N3O3. The molecule has 4 amide bonds. The van der Waals surface area contributed by atoms with Gasteiger partial charge < -0.3 is 10.2 Å². The first-order chi connectivity index (χ1) is 11.4. The van der Waals surface area contributed by atoms with Crippen LogP contribution in [0.1, 0.15) is 25.3 Å². The van der Waals surface area contributed by atoms with Crippen molar-refractivity contribution >= 4 is 41.0 Å². The van der Waals surface area contributed by atoms with Crippen molar-refractivity contribution in [2.24, 2.45) is 5.92 Å². The van der Waals surface area contributed by atoms with Gasteiger partial charge >= 0.3 is 6.03 Å². The summed E-state index contributed by atoms with van der Waals surface area (Å²) < 4.78 is 0. The highest BCUT2D eigenvalue weighted by Gasteiger charge is 2.26. The Hall–Kier alpha value is -1.79. The van der Waals surface area contributed by atoms with Gasteiger partial charge in [-0.2, -0.15) is 0 Å². The van der Waals surface area contributed by atoms with Crippen molar-refractivity contribution in [2.75, 3.05) is 13.1 Å². The van der Waals surface area contributed by atoms with Crippen molar-refractivity contribution in [2.45, 2.75) is 26.3 Å². The third-order valence-corrected chi connectivity index (χ3v) is 4.72. The summed E-state index contributed by atoms with van der Waals surface area (Å²) in [7, 11) is 0. The Morgan fingerprint density at radius 3 is 2.42 bits per heavy atom. The lowest BCUT2D eigenvalue weighted by atomic mass is 9.96. The van der Waals surface area contributed by atoms with Crippen LogP contribution in [0, 0.1) is 5.92 Å². The van der Waals surface area contributed by atoms with Gasteiger partial charge in [0.05, 0.1) is 10.0 Å². The summed E-state index contributed by atoms with van der Waals surface area (Å²) in [6, 6.07) is 4.49. The van der Waals surface area contributed by atoms with Crippen LogP contribution in [-0.2, 0) is 16.1 Å². The smallest absolute Gasteiger partial charge is 0.321 e. The molecule has 1 aliphatic heterocycles. The lowest BCUT2D eigenvalue weighted by Gasteiger charge is -2.30. The molecule has 0 aliphatic carbocycles. The van der Waals surface area contributed by atoms with Crippen LogP contribution in [0.4, 0.5) is 4.79 Å². The molecule has 1 aliphatic rings. The lowest BCUT2D eigenvalue weighted by molar-refractivity contribution is -0.133. The molecule has 2 rings (SSSR count). The van der Waals surface area contributed by atoms with Crippen LogP contribution in [-0.4, -0.2) is 35.8 Å². The number of likely N-dealkylation sites (tertiary alicyclic amines) is 1. The van der Waals surface area contributed by atoms with Gasteiger partial charge in [-0.25, -0.2) is 4.79 Å². The molecule has 6 nitrogen and oxygen atoms in total. The number of hydrogen-bond acceptors (Lipinski definition) is 3. The number of imide groups is 1. The molecule has 0 bridgehead atoms. The van der Waals surface area contributed by atoms with Gasteiger partial charge in [-0.15, -0.1) is 0 Å². The maximum absolute atomic E-state index is 12.1. The molecule has 8 heteroatoms. The van der Waals surface area contributed by atoms with E-state index in [1.165, 1.54) is 6.92 Å². The van der Waals surface area contributed by atoms with Crippen molar-refractivity contribution in [1.29, 1.82) is 0 Å². The number of benzene rings is 1. The molecular weight excluding hydrogens is 353 g/mol. The second kappa shape index (κ2) is 8.35. The van der Waals surface area contributed by atoms with E-state index in [9.17, 15) is 14.4 Å². The Bertz CT molecular complexity index is 643. The zero-order chi connectivity index (χ0) is 17.7. The van der Waals surface area contributed by atoms with E-state index in [0.29, 0.717) is 36.0 Å². The minimum atomic E-state index is -0.555. The van der Waals surface area contributed by atoms with E-state index in [1.807, 2.05) is 0 Å². The normalized spacial score (nSPS) is 15.0. The van der Waals surface area contributed by atoms with Crippen LogP contribution >= 0.6 is 23.2 Å². The Balaban J connectivity index is 1.76. The molecule has 130 valence electrons. The molecule has 2 N–H and O–H groups in total. The van der Waals surface area contributed by atoms with Gasteiger partial charge in [0.1, 0.15) is 0 Å². The highest BCUT2D eigenvalue weighted by atomic mass is 35.5. The van der Waals surface area contributed by atoms with Gasteiger partial charge in [0.2, 0.25) is 11.8 Å². The average Bonchev–Trinajstić information content (AvgIpc) is 2.56. The van der Waals surface area contributed by atoms with E-state index >= 15 is 0 Å². The number of nitrogens with zero attached hydrogens (tertiary/aromatic N) is 1. The van der Waals surface area contributed by atoms with Crippen LogP contribution in [0.25, 0.3) is 0 Å². The van der Waals surface area contributed by atoms with E-state index in [0.717, 1.165) is 5.56 Å². The third kappa shape index (κ3) is 5.11. The maximum Gasteiger partial charge on any atom is 0.321 e. The predicted octanol–water partition coefficient (Wildman–Crippen LogP) is 2.58. The van der Waals surface area contributed by atoms with Crippen LogP contribution < -0.4 is 10.6 Å². The van der Waals surface area contributed by atoms with Gasteiger partial charge in [0, 0.05) is 32.5 Å². The van der Waals surface area contributed by atoms with Crippen molar-refractivity contribution in [3.8, 4) is 0 Å². The lowest BCUT2D eigenvalue weighted by Crippen LogP contribution is -2.46. The minimum Gasteiger partial charge on any atom is -0.343 e.